The lowest BCUT2D eigenvalue weighted by atomic mass is 9.83. The molecule has 0 atom stereocenters. The molecule has 2 heterocycles. The Morgan fingerprint density at radius 2 is 1.67 bits per heavy atom. The first kappa shape index (κ1) is 18.5. The molecule has 2 aromatic rings. The quantitative estimate of drug-likeness (QED) is 0.580. The molecule has 0 radical (unpaired) electrons. The molecule has 27 heavy (non-hydrogen) atoms. The van der Waals surface area contributed by atoms with Gasteiger partial charge in [-0.15, -0.1) is 0 Å². The molecule has 0 unspecified atom stereocenters. The van der Waals surface area contributed by atoms with Crippen molar-refractivity contribution in [3.05, 3.63) is 70.3 Å². The van der Waals surface area contributed by atoms with Crippen molar-refractivity contribution in [2.45, 2.75) is 77.7 Å². The van der Waals surface area contributed by atoms with Gasteiger partial charge in [0.15, 0.2) is 5.54 Å². The van der Waals surface area contributed by atoms with Crippen LogP contribution in [0, 0.1) is 0 Å². The van der Waals surface area contributed by atoms with E-state index in [9.17, 15) is 0 Å². The van der Waals surface area contributed by atoms with Crippen molar-refractivity contribution in [2.24, 2.45) is 0 Å². The van der Waals surface area contributed by atoms with Crippen LogP contribution >= 0.6 is 0 Å². The van der Waals surface area contributed by atoms with Gasteiger partial charge in [-0.3, -0.25) is 0 Å². The normalized spacial score (nSPS) is 17.7. The summed E-state index contributed by atoms with van der Waals surface area (Å²) in [4.78, 5) is 0. The Balaban J connectivity index is 1.96. The van der Waals surface area contributed by atoms with Gasteiger partial charge in [0, 0.05) is 31.2 Å². The van der Waals surface area contributed by atoms with Crippen LogP contribution in [0.3, 0.4) is 0 Å². The lowest BCUT2D eigenvalue weighted by Gasteiger charge is -2.32. The summed E-state index contributed by atoms with van der Waals surface area (Å²) in [6, 6.07) is 16.2. The molecule has 0 saturated carbocycles. The van der Waals surface area contributed by atoms with E-state index in [0.717, 1.165) is 0 Å². The second-order valence-corrected chi connectivity index (χ2v) is 8.39. The summed E-state index contributed by atoms with van der Waals surface area (Å²) in [5, 5.41) is 0. The first-order valence-corrected chi connectivity index (χ1v) is 11.1. The number of benzene rings is 2. The summed E-state index contributed by atoms with van der Waals surface area (Å²) in [6.07, 6.45) is 9.90. The standard InChI is InChI=1S/C26H34N/c1-4-7-11-20-13-10-15-24-22(20)17-19-27-25(24)23-14-9-8-12-21(23)16-18-26(27,5-2)6-3/h8-10,12-15H,4-7,11,16-19H2,1-3H3/q+1. The number of unbranched alkanes of at least 4 members (excludes halogenated alkanes) is 1. The van der Waals surface area contributed by atoms with Gasteiger partial charge in [0.1, 0.15) is 6.54 Å². The summed E-state index contributed by atoms with van der Waals surface area (Å²) in [5.41, 5.74) is 9.55. The van der Waals surface area contributed by atoms with Crippen molar-refractivity contribution < 1.29 is 4.58 Å². The molecule has 0 N–H and O–H groups in total. The molecule has 1 nitrogen and oxygen atoms in total. The average Bonchev–Trinajstić information content (AvgIpc) is 2.87. The molecule has 0 spiro atoms. The number of aryl methyl sites for hydroxylation is 2. The fourth-order valence-electron chi connectivity index (χ4n) is 5.46. The predicted molar refractivity (Wildman–Crippen MR) is 115 cm³/mol. The highest BCUT2D eigenvalue weighted by Gasteiger charge is 2.45. The fourth-order valence-corrected chi connectivity index (χ4v) is 5.46. The fraction of sp³-hybridized carbons (Fsp3) is 0.500. The van der Waals surface area contributed by atoms with Gasteiger partial charge >= 0.3 is 0 Å². The maximum absolute atomic E-state index is 2.81. The first-order valence-electron chi connectivity index (χ1n) is 11.1. The van der Waals surface area contributed by atoms with Crippen LogP contribution < -0.4 is 0 Å². The van der Waals surface area contributed by atoms with E-state index in [4.69, 9.17) is 0 Å². The maximum Gasteiger partial charge on any atom is 0.215 e. The molecule has 2 aliphatic rings. The minimum Gasteiger partial charge on any atom is -0.223 e. The topological polar surface area (TPSA) is 3.01 Å². The molecule has 4 rings (SSSR count). The summed E-state index contributed by atoms with van der Waals surface area (Å²) < 4.78 is 2.81. The van der Waals surface area contributed by atoms with Crippen LogP contribution in [0.5, 0.6) is 0 Å². The first-order chi connectivity index (χ1) is 13.2. The highest BCUT2D eigenvalue weighted by Crippen LogP contribution is 2.36. The molecule has 0 bridgehead atoms. The number of hydrogen-bond acceptors (Lipinski definition) is 0. The van der Waals surface area contributed by atoms with Crippen LogP contribution in [0.25, 0.3) is 0 Å². The Morgan fingerprint density at radius 3 is 2.44 bits per heavy atom. The van der Waals surface area contributed by atoms with Crippen molar-refractivity contribution in [1.29, 1.82) is 0 Å². The Kier molecular flexibility index (Phi) is 5.21. The van der Waals surface area contributed by atoms with Crippen molar-refractivity contribution in [3.63, 3.8) is 0 Å². The Hall–Kier alpha value is -1.89. The molecule has 0 amide bonds. The Bertz CT molecular complexity index is 854. The van der Waals surface area contributed by atoms with E-state index in [0.29, 0.717) is 5.54 Å². The summed E-state index contributed by atoms with van der Waals surface area (Å²) in [5.74, 6) is 0. The smallest absolute Gasteiger partial charge is 0.215 e. The summed E-state index contributed by atoms with van der Waals surface area (Å²) >= 11 is 0. The summed E-state index contributed by atoms with van der Waals surface area (Å²) in [7, 11) is 0. The third-order valence-corrected chi connectivity index (χ3v) is 7.20. The molecule has 0 fully saturated rings. The third-order valence-electron chi connectivity index (χ3n) is 7.20. The van der Waals surface area contributed by atoms with Gasteiger partial charge in [-0.2, -0.15) is 0 Å². The average molecular weight is 361 g/mol. The predicted octanol–water partition coefficient (Wildman–Crippen LogP) is 5.94. The highest BCUT2D eigenvalue weighted by molar-refractivity contribution is 6.12. The van der Waals surface area contributed by atoms with Gasteiger partial charge < -0.3 is 0 Å². The van der Waals surface area contributed by atoms with E-state index in [1.54, 1.807) is 11.1 Å². The van der Waals surface area contributed by atoms with Crippen LogP contribution in [-0.2, 0) is 19.3 Å². The number of rotatable bonds is 5. The molecular weight excluding hydrogens is 326 g/mol. The van der Waals surface area contributed by atoms with Gasteiger partial charge in [0.2, 0.25) is 5.71 Å². The SMILES string of the molecule is CCCCc1cccc2c1CC[N+]1=C2c2ccccc2CCC1(CC)CC. The van der Waals surface area contributed by atoms with Gasteiger partial charge in [0.05, 0.1) is 5.56 Å². The van der Waals surface area contributed by atoms with E-state index in [1.807, 2.05) is 0 Å². The van der Waals surface area contributed by atoms with Crippen molar-refractivity contribution >= 4 is 5.71 Å². The maximum atomic E-state index is 2.81. The Labute approximate surface area is 165 Å². The summed E-state index contributed by atoms with van der Waals surface area (Å²) in [6.45, 7) is 8.25. The number of nitrogens with zero attached hydrogens (tertiary/aromatic N) is 1. The second-order valence-electron chi connectivity index (χ2n) is 8.39. The Morgan fingerprint density at radius 1 is 0.889 bits per heavy atom. The zero-order valence-corrected chi connectivity index (χ0v) is 17.4. The minimum absolute atomic E-state index is 0.297. The zero-order valence-electron chi connectivity index (χ0n) is 17.4. The molecule has 1 heteroatoms. The molecule has 0 aliphatic carbocycles. The minimum atomic E-state index is 0.297. The molecular formula is C26H34N+. The monoisotopic (exact) mass is 360 g/mol. The van der Waals surface area contributed by atoms with Crippen LogP contribution in [0.2, 0.25) is 0 Å². The molecule has 142 valence electrons. The van der Waals surface area contributed by atoms with Crippen LogP contribution in [0.4, 0.5) is 0 Å². The largest absolute Gasteiger partial charge is 0.223 e. The van der Waals surface area contributed by atoms with Crippen molar-refractivity contribution in [2.75, 3.05) is 6.54 Å². The molecule has 0 saturated heterocycles. The second kappa shape index (κ2) is 7.62. The number of hydrogen-bond donors (Lipinski definition) is 0. The van der Waals surface area contributed by atoms with E-state index in [-0.39, 0.29) is 0 Å². The van der Waals surface area contributed by atoms with Gasteiger partial charge in [-0.05, 0) is 48.1 Å². The van der Waals surface area contributed by atoms with Crippen molar-refractivity contribution in [1.82, 2.24) is 0 Å². The number of fused-ring (bicyclic) bond motifs is 4. The van der Waals surface area contributed by atoms with E-state index in [2.05, 4.69) is 67.8 Å². The van der Waals surface area contributed by atoms with Crippen molar-refractivity contribution in [3.8, 4) is 0 Å². The molecule has 2 aromatic carbocycles. The third kappa shape index (κ3) is 3.06. The lowest BCUT2D eigenvalue weighted by molar-refractivity contribution is -0.611. The van der Waals surface area contributed by atoms with E-state index >= 15 is 0 Å². The molecule has 0 aromatic heterocycles. The van der Waals surface area contributed by atoms with E-state index in [1.165, 1.54) is 80.3 Å². The highest BCUT2D eigenvalue weighted by atomic mass is 15.1. The van der Waals surface area contributed by atoms with E-state index < -0.39 is 0 Å². The zero-order chi connectivity index (χ0) is 18.9. The van der Waals surface area contributed by atoms with Crippen LogP contribution in [0.15, 0.2) is 42.5 Å². The van der Waals surface area contributed by atoms with Crippen LogP contribution in [-0.4, -0.2) is 22.4 Å². The molecule has 2 aliphatic heterocycles. The van der Waals surface area contributed by atoms with Gasteiger partial charge in [0.25, 0.3) is 0 Å². The van der Waals surface area contributed by atoms with Gasteiger partial charge in [-0.25, -0.2) is 4.58 Å². The lowest BCUT2D eigenvalue weighted by Crippen LogP contribution is -2.47. The van der Waals surface area contributed by atoms with Crippen LogP contribution in [0.1, 0.15) is 80.7 Å². The van der Waals surface area contributed by atoms with Gasteiger partial charge in [-0.1, -0.05) is 57.5 Å².